The minimum atomic E-state index is -0.973. The predicted molar refractivity (Wildman–Crippen MR) is 38.0 cm³/mol. The third-order valence-electron chi connectivity index (χ3n) is 2.74. The molecule has 0 aromatic carbocycles. The van der Waals surface area contributed by atoms with Crippen molar-refractivity contribution in [1.82, 2.24) is 5.32 Å². The fourth-order valence-corrected chi connectivity index (χ4v) is 1.68. The average molecular weight is 159 g/mol. The third kappa shape index (κ3) is 0.980. The molecule has 0 amide bonds. The molecule has 1 spiro atoms. The maximum Gasteiger partial charge on any atom is 0.109 e. The highest BCUT2D eigenvalue weighted by Gasteiger charge is 2.55. The Hall–Kier alpha value is -0.160. The fraction of sp³-hybridized carbons (Fsp3) is 1.00. The first kappa shape index (κ1) is 7.49. The largest absolute Gasteiger partial charge is 0.389 e. The lowest BCUT2D eigenvalue weighted by molar-refractivity contribution is -0.100. The van der Waals surface area contributed by atoms with Crippen LogP contribution in [0.15, 0.2) is 0 Å². The molecule has 1 aliphatic carbocycles. The highest BCUT2D eigenvalue weighted by Crippen LogP contribution is 2.42. The standard InChI is InChI=1S/C7H13NO3/c9-4-3-8-7(1-2-7)6(11)5(4)10/h4-6,8-11H,1-3H2/t4-,5-,6+/m0/s1. The Labute approximate surface area is 64.8 Å². The zero-order valence-electron chi connectivity index (χ0n) is 6.20. The van der Waals surface area contributed by atoms with E-state index in [1.54, 1.807) is 0 Å². The van der Waals surface area contributed by atoms with E-state index in [-0.39, 0.29) is 5.54 Å². The first-order chi connectivity index (χ1) is 5.16. The van der Waals surface area contributed by atoms with Crippen LogP contribution in [-0.4, -0.2) is 45.7 Å². The van der Waals surface area contributed by atoms with E-state index in [0.717, 1.165) is 12.8 Å². The van der Waals surface area contributed by atoms with Crippen LogP contribution in [0.3, 0.4) is 0 Å². The van der Waals surface area contributed by atoms with Gasteiger partial charge in [0.05, 0.1) is 6.10 Å². The summed E-state index contributed by atoms with van der Waals surface area (Å²) in [6, 6.07) is 0. The van der Waals surface area contributed by atoms with Gasteiger partial charge in [0, 0.05) is 12.1 Å². The van der Waals surface area contributed by atoms with E-state index in [1.807, 2.05) is 0 Å². The Kier molecular flexibility index (Phi) is 1.47. The fourth-order valence-electron chi connectivity index (χ4n) is 1.68. The van der Waals surface area contributed by atoms with Crippen LogP contribution < -0.4 is 5.32 Å². The first-order valence-corrected chi connectivity index (χ1v) is 3.95. The number of aliphatic hydroxyl groups excluding tert-OH is 3. The summed E-state index contributed by atoms with van der Waals surface area (Å²) >= 11 is 0. The van der Waals surface area contributed by atoms with Gasteiger partial charge >= 0.3 is 0 Å². The van der Waals surface area contributed by atoms with Crippen LogP contribution in [0.2, 0.25) is 0 Å². The SMILES string of the molecule is O[C@@H]1[C@@H](O)C2(CC2)NC[C@@H]1O. The normalized spacial score (nSPS) is 47.7. The molecule has 1 saturated heterocycles. The van der Waals surface area contributed by atoms with E-state index in [1.165, 1.54) is 0 Å². The van der Waals surface area contributed by atoms with E-state index < -0.39 is 18.3 Å². The van der Waals surface area contributed by atoms with Crippen molar-refractivity contribution in [2.75, 3.05) is 6.54 Å². The minimum Gasteiger partial charge on any atom is -0.389 e. The van der Waals surface area contributed by atoms with E-state index >= 15 is 0 Å². The van der Waals surface area contributed by atoms with Crippen LogP contribution in [0.4, 0.5) is 0 Å². The molecular formula is C7H13NO3. The smallest absolute Gasteiger partial charge is 0.109 e. The maximum absolute atomic E-state index is 9.47. The Morgan fingerprint density at radius 1 is 1.18 bits per heavy atom. The lowest BCUT2D eigenvalue weighted by Gasteiger charge is -2.36. The molecule has 64 valence electrons. The van der Waals surface area contributed by atoms with Crippen LogP contribution in [-0.2, 0) is 0 Å². The number of rotatable bonds is 0. The molecule has 4 heteroatoms. The van der Waals surface area contributed by atoms with E-state index in [9.17, 15) is 10.2 Å². The average Bonchev–Trinajstić information content (AvgIpc) is 2.76. The topological polar surface area (TPSA) is 72.7 Å². The van der Waals surface area contributed by atoms with Crippen LogP contribution in [0.5, 0.6) is 0 Å². The molecule has 0 bridgehead atoms. The van der Waals surface area contributed by atoms with Gasteiger partial charge in [-0.05, 0) is 12.8 Å². The highest BCUT2D eigenvalue weighted by atomic mass is 16.4. The molecule has 0 radical (unpaired) electrons. The number of piperidine rings is 1. The predicted octanol–water partition coefficient (Wildman–Crippen LogP) is -1.80. The lowest BCUT2D eigenvalue weighted by atomic mass is 9.94. The van der Waals surface area contributed by atoms with Gasteiger partial charge in [-0.15, -0.1) is 0 Å². The molecule has 0 aromatic rings. The van der Waals surface area contributed by atoms with Gasteiger partial charge in [-0.1, -0.05) is 0 Å². The summed E-state index contributed by atoms with van der Waals surface area (Å²) in [6.07, 6.45) is -0.795. The second-order valence-electron chi connectivity index (χ2n) is 3.54. The number of β-amino-alcohol motifs (C(OH)–C–C–N with tert-alkyl or cyclic N) is 1. The van der Waals surface area contributed by atoms with Gasteiger partial charge in [0.25, 0.3) is 0 Å². The summed E-state index contributed by atoms with van der Waals surface area (Å²) in [5.41, 5.74) is -0.265. The molecular weight excluding hydrogens is 146 g/mol. The number of hydrogen-bond acceptors (Lipinski definition) is 4. The van der Waals surface area contributed by atoms with Crippen molar-refractivity contribution in [3.8, 4) is 0 Å². The van der Waals surface area contributed by atoms with Crippen molar-refractivity contribution in [1.29, 1.82) is 0 Å². The zero-order chi connectivity index (χ0) is 8.06. The van der Waals surface area contributed by atoms with Crippen molar-refractivity contribution in [3.63, 3.8) is 0 Å². The van der Waals surface area contributed by atoms with E-state index in [4.69, 9.17) is 5.11 Å². The maximum atomic E-state index is 9.47. The lowest BCUT2D eigenvalue weighted by Crippen LogP contribution is -2.61. The molecule has 4 N–H and O–H groups in total. The Balaban J connectivity index is 2.09. The first-order valence-electron chi connectivity index (χ1n) is 3.95. The van der Waals surface area contributed by atoms with Gasteiger partial charge in [0.15, 0.2) is 0 Å². The van der Waals surface area contributed by atoms with Gasteiger partial charge in [0.2, 0.25) is 0 Å². The van der Waals surface area contributed by atoms with Crippen LogP contribution >= 0.6 is 0 Å². The summed E-state index contributed by atoms with van der Waals surface area (Å²) in [7, 11) is 0. The third-order valence-corrected chi connectivity index (χ3v) is 2.74. The van der Waals surface area contributed by atoms with Crippen molar-refractivity contribution in [3.05, 3.63) is 0 Å². The molecule has 1 saturated carbocycles. The van der Waals surface area contributed by atoms with Crippen LogP contribution in [0, 0.1) is 0 Å². The Morgan fingerprint density at radius 3 is 2.36 bits per heavy atom. The number of hydrogen-bond donors (Lipinski definition) is 4. The van der Waals surface area contributed by atoms with Gasteiger partial charge in [-0.25, -0.2) is 0 Å². The van der Waals surface area contributed by atoms with Crippen molar-refractivity contribution in [2.24, 2.45) is 0 Å². The molecule has 3 atom stereocenters. The van der Waals surface area contributed by atoms with Crippen molar-refractivity contribution < 1.29 is 15.3 Å². The molecule has 0 aromatic heterocycles. The molecule has 1 aliphatic heterocycles. The summed E-state index contributed by atoms with van der Waals surface area (Å²) in [5.74, 6) is 0. The van der Waals surface area contributed by atoms with E-state index in [2.05, 4.69) is 5.32 Å². The number of nitrogens with one attached hydrogen (secondary N) is 1. The molecule has 2 aliphatic rings. The molecule has 2 rings (SSSR count). The second-order valence-corrected chi connectivity index (χ2v) is 3.54. The zero-order valence-corrected chi connectivity index (χ0v) is 6.20. The van der Waals surface area contributed by atoms with Crippen molar-refractivity contribution in [2.45, 2.75) is 36.7 Å². The number of aliphatic hydroxyl groups is 3. The van der Waals surface area contributed by atoms with Crippen LogP contribution in [0.1, 0.15) is 12.8 Å². The monoisotopic (exact) mass is 159 g/mol. The van der Waals surface area contributed by atoms with E-state index in [0.29, 0.717) is 6.54 Å². The van der Waals surface area contributed by atoms with Gasteiger partial charge in [-0.3, -0.25) is 0 Å². The molecule has 11 heavy (non-hydrogen) atoms. The summed E-state index contributed by atoms with van der Waals surface area (Å²) < 4.78 is 0. The Bertz CT molecular complexity index is 169. The summed E-state index contributed by atoms with van der Waals surface area (Å²) in [4.78, 5) is 0. The van der Waals surface area contributed by atoms with Gasteiger partial charge in [0.1, 0.15) is 12.2 Å². The second kappa shape index (κ2) is 2.17. The highest BCUT2D eigenvalue weighted by molar-refractivity contribution is 5.13. The van der Waals surface area contributed by atoms with Crippen molar-refractivity contribution >= 4 is 0 Å². The molecule has 2 fully saturated rings. The summed E-state index contributed by atoms with van der Waals surface area (Å²) in [6.45, 7) is 0.387. The van der Waals surface area contributed by atoms with Gasteiger partial charge < -0.3 is 20.6 Å². The Morgan fingerprint density at radius 2 is 1.82 bits per heavy atom. The quantitative estimate of drug-likeness (QED) is 0.337. The molecule has 0 unspecified atom stereocenters. The van der Waals surface area contributed by atoms with Crippen LogP contribution in [0.25, 0.3) is 0 Å². The molecule has 4 nitrogen and oxygen atoms in total. The summed E-state index contributed by atoms with van der Waals surface area (Å²) in [5, 5.41) is 30.9. The van der Waals surface area contributed by atoms with Gasteiger partial charge in [-0.2, -0.15) is 0 Å². The molecule has 1 heterocycles. The minimum absolute atomic E-state index is 0.265.